The van der Waals surface area contributed by atoms with Crippen LogP contribution in [0.15, 0.2) is 91.0 Å². The van der Waals surface area contributed by atoms with Crippen LogP contribution in [-0.4, -0.2) is 17.2 Å². The van der Waals surface area contributed by atoms with Crippen molar-refractivity contribution >= 4 is 29.0 Å². The number of benzene rings is 3. The molecule has 0 unspecified atom stereocenters. The lowest BCUT2D eigenvalue weighted by Gasteiger charge is -2.35. The van der Waals surface area contributed by atoms with Crippen molar-refractivity contribution in [3.63, 3.8) is 0 Å². The van der Waals surface area contributed by atoms with E-state index in [1.54, 1.807) is 12.1 Å². The zero-order chi connectivity index (χ0) is 18.0. The highest BCUT2D eigenvalue weighted by molar-refractivity contribution is 6.58. The first-order valence-corrected chi connectivity index (χ1v) is 8.75. The average Bonchev–Trinajstić information content (AvgIpc) is 2.68. The first-order valence-electron chi connectivity index (χ1n) is 8.75. The van der Waals surface area contributed by atoms with E-state index >= 15 is 0 Å². The molecule has 3 nitrogen and oxygen atoms in total. The van der Waals surface area contributed by atoms with Crippen LogP contribution in [0.3, 0.4) is 0 Å². The molecule has 4 rings (SSSR count). The predicted octanol–water partition coefficient (Wildman–Crippen LogP) is 3.34. The van der Waals surface area contributed by atoms with Gasteiger partial charge in [0, 0.05) is 5.69 Å². The summed E-state index contributed by atoms with van der Waals surface area (Å²) >= 11 is 0. The molecule has 4 heteroatoms. The maximum Gasteiger partial charge on any atom is 0.488 e. The molecular formula is C22H20BNO2. The third-order valence-electron chi connectivity index (χ3n) is 4.91. The topological polar surface area (TPSA) is 52.5 Å². The van der Waals surface area contributed by atoms with E-state index in [4.69, 9.17) is 0 Å². The summed E-state index contributed by atoms with van der Waals surface area (Å²) in [5.74, 6) is 0. The zero-order valence-electron chi connectivity index (χ0n) is 14.3. The molecular weight excluding hydrogens is 321 g/mol. The molecule has 26 heavy (non-hydrogen) atoms. The smallest absolute Gasteiger partial charge is 0.423 e. The highest BCUT2D eigenvalue weighted by atomic mass is 16.4. The minimum Gasteiger partial charge on any atom is -0.423 e. The Bertz CT molecular complexity index is 974. The van der Waals surface area contributed by atoms with Gasteiger partial charge >= 0.3 is 7.12 Å². The van der Waals surface area contributed by atoms with Crippen molar-refractivity contribution < 1.29 is 10.0 Å². The summed E-state index contributed by atoms with van der Waals surface area (Å²) in [5, 5.41) is 24.7. The molecule has 0 aromatic heterocycles. The Hall–Kier alpha value is -2.82. The minimum absolute atomic E-state index is 0.352. The Morgan fingerprint density at radius 2 is 1.62 bits per heavy atom. The standard InChI is InChI=1S/C22H20BNO2/c25-23(26)18-11-13-19(14-12-18)24-22(15-4-1-5-16-22)21-10-6-8-17-7-2-3-9-20(17)21/h1-15,24-26H,16H2/t22-/m0/s1. The Labute approximate surface area is 153 Å². The number of anilines is 1. The Morgan fingerprint density at radius 3 is 2.35 bits per heavy atom. The summed E-state index contributed by atoms with van der Waals surface area (Å²) in [6, 6.07) is 22.0. The Kier molecular flexibility index (Phi) is 4.37. The van der Waals surface area contributed by atoms with E-state index in [0.717, 1.165) is 12.1 Å². The van der Waals surface area contributed by atoms with Gasteiger partial charge < -0.3 is 15.4 Å². The highest BCUT2D eigenvalue weighted by Crippen LogP contribution is 2.37. The van der Waals surface area contributed by atoms with E-state index in [2.05, 4.69) is 72.1 Å². The van der Waals surface area contributed by atoms with Gasteiger partial charge in [0.25, 0.3) is 0 Å². The van der Waals surface area contributed by atoms with Crippen molar-refractivity contribution in [1.29, 1.82) is 0 Å². The first-order chi connectivity index (χ1) is 12.7. The molecule has 0 amide bonds. The fraction of sp³-hybridized carbons (Fsp3) is 0.0909. The lowest BCUT2D eigenvalue weighted by Crippen LogP contribution is -2.34. The van der Waals surface area contributed by atoms with Gasteiger partial charge in [-0.25, -0.2) is 0 Å². The van der Waals surface area contributed by atoms with Gasteiger partial charge in [-0.05, 0) is 40.4 Å². The van der Waals surface area contributed by atoms with Gasteiger partial charge in [0.1, 0.15) is 0 Å². The van der Waals surface area contributed by atoms with Crippen LogP contribution in [0.1, 0.15) is 12.0 Å². The maximum absolute atomic E-state index is 9.30. The van der Waals surface area contributed by atoms with Crippen LogP contribution in [0.25, 0.3) is 10.8 Å². The summed E-state index contributed by atoms with van der Waals surface area (Å²) in [6.45, 7) is 0. The van der Waals surface area contributed by atoms with Crippen molar-refractivity contribution in [1.82, 2.24) is 0 Å². The predicted molar refractivity (Wildman–Crippen MR) is 108 cm³/mol. The highest BCUT2D eigenvalue weighted by Gasteiger charge is 2.31. The molecule has 0 bridgehead atoms. The van der Waals surface area contributed by atoms with Crippen LogP contribution < -0.4 is 10.8 Å². The Balaban J connectivity index is 1.79. The number of hydrogen-bond acceptors (Lipinski definition) is 3. The summed E-state index contributed by atoms with van der Waals surface area (Å²) in [7, 11) is -1.45. The van der Waals surface area contributed by atoms with Crippen LogP contribution >= 0.6 is 0 Å². The van der Waals surface area contributed by atoms with E-state index < -0.39 is 7.12 Å². The van der Waals surface area contributed by atoms with Crippen molar-refractivity contribution in [2.24, 2.45) is 0 Å². The second-order valence-electron chi connectivity index (χ2n) is 6.61. The lowest BCUT2D eigenvalue weighted by molar-refractivity contribution is 0.426. The molecule has 1 atom stereocenters. The molecule has 128 valence electrons. The summed E-state index contributed by atoms with van der Waals surface area (Å²) in [4.78, 5) is 0. The SMILES string of the molecule is OB(O)c1ccc(N[C@@]2(c3cccc4ccccc34)C=CC=CC2)cc1. The van der Waals surface area contributed by atoms with Gasteiger partial charge in [0.15, 0.2) is 0 Å². The van der Waals surface area contributed by atoms with Crippen LogP contribution in [0, 0.1) is 0 Å². The van der Waals surface area contributed by atoms with Crippen LogP contribution in [-0.2, 0) is 5.54 Å². The second kappa shape index (κ2) is 6.83. The number of fused-ring (bicyclic) bond motifs is 1. The lowest BCUT2D eigenvalue weighted by atomic mass is 9.79. The van der Waals surface area contributed by atoms with E-state index in [0.29, 0.717) is 5.46 Å². The van der Waals surface area contributed by atoms with Crippen molar-refractivity contribution in [3.8, 4) is 0 Å². The Morgan fingerprint density at radius 1 is 0.846 bits per heavy atom. The summed E-state index contributed by atoms with van der Waals surface area (Å²) in [6.07, 6.45) is 9.34. The molecule has 0 spiro atoms. The molecule has 0 fully saturated rings. The quantitative estimate of drug-likeness (QED) is 0.638. The molecule has 3 N–H and O–H groups in total. The third-order valence-corrected chi connectivity index (χ3v) is 4.91. The first kappa shape index (κ1) is 16.6. The van der Waals surface area contributed by atoms with Crippen LogP contribution in [0.2, 0.25) is 0 Å². The van der Waals surface area contributed by atoms with Gasteiger partial charge in [0.2, 0.25) is 0 Å². The van der Waals surface area contributed by atoms with Crippen LogP contribution in [0.5, 0.6) is 0 Å². The molecule has 3 aromatic carbocycles. The molecule has 0 saturated heterocycles. The molecule has 0 saturated carbocycles. The van der Waals surface area contributed by atoms with Crippen LogP contribution in [0.4, 0.5) is 5.69 Å². The van der Waals surface area contributed by atoms with E-state index in [1.165, 1.54) is 16.3 Å². The number of hydrogen-bond donors (Lipinski definition) is 3. The van der Waals surface area contributed by atoms with Crippen molar-refractivity contribution in [3.05, 3.63) is 96.6 Å². The number of nitrogens with one attached hydrogen (secondary N) is 1. The van der Waals surface area contributed by atoms with Crippen molar-refractivity contribution in [2.45, 2.75) is 12.0 Å². The second-order valence-corrected chi connectivity index (χ2v) is 6.61. The minimum atomic E-state index is -1.45. The van der Waals surface area contributed by atoms with Gasteiger partial charge in [-0.15, -0.1) is 0 Å². The number of rotatable bonds is 4. The van der Waals surface area contributed by atoms with E-state index in [-0.39, 0.29) is 5.54 Å². The molecule has 1 aliphatic carbocycles. The third kappa shape index (κ3) is 3.05. The van der Waals surface area contributed by atoms with E-state index in [9.17, 15) is 10.0 Å². The monoisotopic (exact) mass is 341 g/mol. The summed E-state index contributed by atoms with van der Waals surface area (Å²) < 4.78 is 0. The summed E-state index contributed by atoms with van der Waals surface area (Å²) in [5.41, 5.74) is 2.29. The molecule has 0 aliphatic heterocycles. The largest absolute Gasteiger partial charge is 0.488 e. The van der Waals surface area contributed by atoms with Gasteiger partial charge in [-0.3, -0.25) is 0 Å². The normalized spacial score (nSPS) is 18.8. The van der Waals surface area contributed by atoms with Gasteiger partial charge in [-0.1, -0.05) is 78.9 Å². The fourth-order valence-electron chi connectivity index (χ4n) is 3.59. The van der Waals surface area contributed by atoms with E-state index in [1.807, 2.05) is 12.1 Å². The fourth-order valence-corrected chi connectivity index (χ4v) is 3.59. The molecule has 0 radical (unpaired) electrons. The number of allylic oxidation sites excluding steroid dienone is 2. The maximum atomic E-state index is 9.30. The average molecular weight is 341 g/mol. The van der Waals surface area contributed by atoms with Gasteiger partial charge in [-0.2, -0.15) is 0 Å². The molecule has 3 aromatic rings. The molecule has 0 heterocycles. The molecule has 1 aliphatic rings. The van der Waals surface area contributed by atoms with Crippen molar-refractivity contribution in [2.75, 3.05) is 5.32 Å². The van der Waals surface area contributed by atoms with Gasteiger partial charge in [0.05, 0.1) is 5.54 Å². The zero-order valence-corrected chi connectivity index (χ0v) is 14.3.